The minimum Gasteiger partial charge on any atom is -0.609 e. The van der Waals surface area contributed by atoms with Crippen molar-refractivity contribution < 1.29 is 4.55 Å². The minimum atomic E-state index is -1.12. The van der Waals surface area contributed by atoms with E-state index in [-0.39, 0.29) is 0 Å². The van der Waals surface area contributed by atoms with E-state index in [4.69, 9.17) is 0 Å². The molecule has 0 saturated heterocycles. The summed E-state index contributed by atoms with van der Waals surface area (Å²) >= 11 is -1.12. The van der Waals surface area contributed by atoms with E-state index in [1.807, 2.05) is 13.8 Å². The van der Waals surface area contributed by atoms with Crippen LogP contribution in [-0.2, 0) is 11.2 Å². The van der Waals surface area contributed by atoms with Gasteiger partial charge in [-0.15, -0.1) is 0 Å². The first kappa shape index (κ1) is 11.0. The van der Waals surface area contributed by atoms with Crippen LogP contribution in [0, 0.1) is 17.8 Å². The van der Waals surface area contributed by atoms with E-state index >= 15 is 0 Å². The molecule has 74 valence electrons. The highest BCUT2D eigenvalue weighted by Gasteiger charge is 2.05. The van der Waals surface area contributed by atoms with E-state index in [0.717, 1.165) is 5.56 Å². The molecule has 1 rings (SSSR count). The molecule has 4 heteroatoms. The second-order valence-electron chi connectivity index (χ2n) is 3.13. The Morgan fingerprint density at radius 3 is 2.36 bits per heavy atom. The van der Waals surface area contributed by atoms with E-state index in [1.54, 1.807) is 18.6 Å². The van der Waals surface area contributed by atoms with Crippen LogP contribution in [0.25, 0.3) is 0 Å². The van der Waals surface area contributed by atoms with Crippen LogP contribution in [0.1, 0.15) is 19.4 Å². The van der Waals surface area contributed by atoms with Crippen molar-refractivity contribution >= 4 is 11.2 Å². The highest BCUT2D eigenvalue weighted by Crippen LogP contribution is 2.01. The molecular formula is C10H12N2OS. The van der Waals surface area contributed by atoms with E-state index in [1.165, 1.54) is 0 Å². The predicted octanol–water partition coefficient (Wildman–Crippen LogP) is 1.22. The molecule has 0 N–H and O–H groups in total. The van der Waals surface area contributed by atoms with Crippen LogP contribution < -0.4 is 0 Å². The first-order valence-corrected chi connectivity index (χ1v) is 5.82. The lowest BCUT2D eigenvalue weighted by Gasteiger charge is -1.99. The average Bonchev–Trinajstić information content (AvgIpc) is 2.15. The maximum atomic E-state index is 11.0. The zero-order valence-electron chi connectivity index (χ0n) is 8.44. The van der Waals surface area contributed by atoms with Gasteiger partial charge in [-0.1, -0.05) is 25.7 Å². The summed E-state index contributed by atoms with van der Waals surface area (Å²) in [5.41, 5.74) is 0.757. The van der Waals surface area contributed by atoms with Crippen LogP contribution in [0.5, 0.6) is 0 Å². The molecule has 1 aromatic heterocycles. The van der Waals surface area contributed by atoms with Crippen LogP contribution >= 0.6 is 0 Å². The number of hydrogen-bond acceptors (Lipinski definition) is 3. The van der Waals surface area contributed by atoms with Gasteiger partial charge in [0.15, 0.2) is 0 Å². The molecule has 0 radical (unpaired) electrons. The van der Waals surface area contributed by atoms with Crippen molar-refractivity contribution in [3.63, 3.8) is 0 Å². The van der Waals surface area contributed by atoms with E-state index in [9.17, 15) is 4.55 Å². The molecule has 1 heterocycles. The van der Waals surface area contributed by atoms with Crippen molar-refractivity contribution in [2.24, 2.45) is 5.92 Å². The molecule has 1 aromatic rings. The molecule has 0 spiro atoms. The van der Waals surface area contributed by atoms with Gasteiger partial charge in [-0.3, -0.25) is 0 Å². The fraction of sp³-hybridized carbons (Fsp3) is 0.400. The summed E-state index contributed by atoms with van der Waals surface area (Å²) in [5, 5.41) is 0.347. The zero-order valence-corrected chi connectivity index (χ0v) is 9.26. The fourth-order valence-corrected chi connectivity index (χ4v) is 1.16. The van der Waals surface area contributed by atoms with Crippen LogP contribution in [0.15, 0.2) is 17.6 Å². The lowest BCUT2D eigenvalue weighted by atomic mass is 10.2. The number of nitrogens with zero attached hydrogens (tertiary/aromatic N) is 2. The lowest BCUT2D eigenvalue weighted by molar-refractivity contribution is 0.592. The van der Waals surface area contributed by atoms with Gasteiger partial charge < -0.3 is 4.55 Å². The normalized spacial score (nSPS) is 12.1. The Kier molecular flexibility index (Phi) is 3.93. The van der Waals surface area contributed by atoms with Crippen LogP contribution in [-0.4, -0.2) is 20.8 Å². The highest BCUT2D eigenvalue weighted by atomic mass is 32.2. The number of aromatic nitrogens is 2. The quantitative estimate of drug-likeness (QED) is 0.396. The Labute approximate surface area is 87.2 Å². The Bertz CT molecular complexity index is 349. The molecule has 0 aliphatic carbocycles. The van der Waals surface area contributed by atoms with E-state index in [2.05, 4.69) is 21.8 Å². The van der Waals surface area contributed by atoms with Crippen molar-refractivity contribution in [3.05, 3.63) is 18.0 Å². The molecule has 0 aliphatic rings. The van der Waals surface area contributed by atoms with Gasteiger partial charge in [0.1, 0.15) is 6.26 Å². The summed E-state index contributed by atoms with van der Waals surface area (Å²) in [6.45, 7) is 4.03. The van der Waals surface area contributed by atoms with E-state index < -0.39 is 11.2 Å². The first-order valence-electron chi connectivity index (χ1n) is 4.26. The molecule has 0 saturated carbocycles. The van der Waals surface area contributed by atoms with E-state index in [0.29, 0.717) is 11.1 Å². The second kappa shape index (κ2) is 4.99. The van der Waals surface area contributed by atoms with Crippen LogP contribution in [0.4, 0.5) is 0 Å². The van der Waals surface area contributed by atoms with Gasteiger partial charge in [0.2, 0.25) is 0 Å². The third-order valence-corrected chi connectivity index (χ3v) is 2.12. The monoisotopic (exact) mass is 208 g/mol. The first-order chi connectivity index (χ1) is 6.59. The maximum Gasteiger partial charge on any atom is 0.342 e. The largest absolute Gasteiger partial charge is 0.609 e. The van der Waals surface area contributed by atoms with Gasteiger partial charge in [0, 0.05) is 17.1 Å². The molecular weight excluding hydrogens is 196 g/mol. The third kappa shape index (κ3) is 3.36. The molecule has 1 unspecified atom stereocenters. The van der Waals surface area contributed by atoms with Gasteiger partial charge in [-0.2, -0.15) is 9.97 Å². The summed E-state index contributed by atoms with van der Waals surface area (Å²) in [6.07, 6.45) is 4.74. The third-order valence-electron chi connectivity index (χ3n) is 1.39. The molecule has 0 amide bonds. The van der Waals surface area contributed by atoms with Crippen molar-refractivity contribution in [1.82, 2.24) is 9.97 Å². The molecule has 1 atom stereocenters. The Balaban J connectivity index is 2.80. The average molecular weight is 208 g/mol. The predicted molar refractivity (Wildman–Crippen MR) is 56.1 cm³/mol. The van der Waals surface area contributed by atoms with Crippen molar-refractivity contribution in [2.45, 2.75) is 19.0 Å². The summed E-state index contributed by atoms with van der Waals surface area (Å²) in [4.78, 5) is 7.88. The molecule has 0 aliphatic heterocycles. The van der Waals surface area contributed by atoms with Gasteiger partial charge in [-0.25, -0.2) is 0 Å². The molecule has 0 bridgehead atoms. The van der Waals surface area contributed by atoms with Gasteiger partial charge >= 0.3 is 5.16 Å². The van der Waals surface area contributed by atoms with Crippen molar-refractivity contribution in [2.75, 3.05) is 6.26 Å². The second-order valence-corrected chi connectivity index (χ2v) is 4.41. The maximum absolute atomic E-state index is 11.0. The summed E-state index contributed by atoms with van der Waals surface area (Å²) in [7, 11) is 0. The molecule has 0 fully saturated rings. The summed E-state index contributed by atoms with van der Waals surface area (Å²) in [6, 6.07) is 0. The Morgan fingerprint density at radius 1 is 1.36 bits per heavy atom. The zero-order chi connectivity index (χ0) is 10.6. The number of hydrogen-bond donors (Lipinski definition) is 0. The van der Waals surface area contributed by atoms with Gasteiger partial charge in [0.25, 0.3) is 0 Å². The highest BCUT2D eigenvalue weighted by molar-refractivity contribution is 7.90. The standard InChI is InChI=1S/C10H12N2OS/c1-8(2)4-5-9-6-11-10(12-7-9)14(3)13/h6-8H,1-3H3. The lowest BCUT2D eigenvalue weighted by Crippen LogP contribution is -2.03. The fourth-order valence-electron chi connectivity index (χ4n) is 0.757. The van der Waals surface area contributed by atoms with Gasteiger partial charge in [-0.05, 0) is 0 Å². The van der Waals surface area contributed by atoms with Crippen LogP contribution in [0.3, 0.4) is 0 Å². The molecule has 14 heavy (non-hydrogen) atoms. The smallest absolute Gasteiger partial charge is 0.342 e. The van der Waals surface area contributed by atoms with Crippen LogP contribution in [0.2, 0.25) is 0 Å². The topological polar surface area (TPSA) is 48.8 Å². The summed E-state index contributed by atoms with van der Waals surface area (Å²) in [5.74, 6) is 6.27. The summed E-state index contributed by atoms with van der Waals surface area (Å²) < 4.78 is 11.0. The SMILES string of the molecule is CC(C)C#Cc1cnc([S+](C)[O-])nc1. The Hall–Kier alpha value is -1.05. The van der Waals surface area contributed by atoms with Gasteiger partial charge in [0.05, 0.1) is 18.0 Å². The minimum absolute atomic E-state index is 0.329. The number of rotatable bonds is 1. The molecule has 0 aromatic carbocycles. The van der Waals surface area contributed by atoms with Crippen molar-refractivity contribution in [1.29, 1.82) is 0 Å². The molecule has 3 nitrogen and oxygen atoms in total. The van der Waals surface area contributed by atoms with Crippen molar-refractivity contribution in [3.8, 4) is 11.8 Å². The Morgan fingerprint density at radius 2 is 1.93 bits per heavy atom.